The molecule has 148 valence electrons. The molecular formula is C19H22N4O3S2. The third kappa shape index (κ3) is 3.68. The molecule has 0 aromatic carbocycles. The molecule has 2 aromatic rings. The van der Waals surface area contributed by atoms with Crippen LogP contribution in [-0.2, 0) is 16.0 Å². The zero-order valence-electron chi connectivity index (χ0n) is 15.8. The van der Waals surface area contributed by atoms with Crippen molar-refractivity contribution in [1.29, 1.82) is 0 Å². The number of thiazole rings is 1. The van der Waals surface area contributed by atoms with Crippen LogP contribution in [0.3, 0.4) is 0 Å². The van der Waals surface area contributed by atoms with E-state index in [2.05, 4.69) is 15.6 Å². The second-order valence-electron chi connectivity index (χ2n) is 7.42. The van der Waals surface area contributed by atoms with Gasteiger partial charge in [-0.15, -0.1) is 22.7 Å². The molecule has 4 rings (SSSR count). The molecule has 1 aliphatic carbocycles. The molecule has 7 nitrogen and oxygen atoms in total. The number of thiophene rings is 1. The van der Waals surface area contributed by atoms with Gasteiger partial charge in [-0.05, 0) is 51.2 Å². The van der Waals surface area contributed by atoms with Gasteiger partial charge >= 0.3 is 6.03 Å². The molecule has 1 unspecified atom stereocenters. The van der Waals surface area contributed by atoms with Crippen molar-refractivity contribution < 1.29 is 14.4 Å². The fourth-order valence-electron chi connectivity index (χ4n) is 3.45. The van der Waals surface area contributed by atoms with Crippen molar-refractivity contribution in [2.24, 2.45) is 5.92 Å². The first-order valence-electron chi connectivity index (χ1n) is 9.29. The molecule has 2 aliphatic rings. The van der Waals surface area contributed by atoms with Gasteiger partial charge in [0.1, 0.15) is 12.1 Å². The molecule has 2 N–H and O–H groups in total. The van der Waals surface area contributed by atoms with Gasteiger partial charge in [0.15, 0.2) is 0 Å². The Labute approximate surface area is 171 Å². The van der Waals surface area contributed by atoms with Gasteiger partial charge < -0.3 is 10.6 Å². The van der Waals surface area contributed by atoms with Crippen LogP contribution in [0.4, 0.5) is 4.79 Å². The molecule has 1 aliphatic heterocycles. The van der Waals surface area contributed by atoms with Crippen LogP contribution >= 0.6 is 22.7 Å². The molecule has 2 aromatic heterocycles. The maximum atomic E-state index is 12.5. The normalized spacial score (nSPS) is 21.9. The number of nitrogens with zero attached hydrogens (tertiary/aromatic N) is 2. The lowest BCUT2D eigenvalue weighted by atomic mass is 9.96. The Balaban J connectivity index is 1.27. The summed E-state index contributed by atoms with van der Waals surface area (Å²) in [5.74, 6) is -0.432. The average Bonchev–Trinajstić information content (AvgIpc) is 3.20. The number of carbonyl (C=O) groups is 3. The maximum absolute atomic E-state index is 12.5. The van der Waals surface area contributed by atoms with Crippen LogP contribution in [0.5, 0.6) is 0 Å². The number of aromatic nitrogens is 1. The molecule has 9 heteroatoms. The van der Waals surface area contributed by atoms with E-state index in [1.54, 1.807) is 29.6 Å². The van der Waals surface area contributed by atoms with Crippen molar-refractivity contribution >= 4 is 40.5 Å². The summed E-state index contributed by atoms with van der Waals surface area (Å²) < 4.78 is 0. The van der Waals surface area contributed by atoms with Crippen molar-refractivity contribution in [3.8, 4) is 10.6 Å². The minimum absolute atomic E-state index is 0.187. The van der Waals surface area contributed by atoms with E-state index in [0.717, 1.165) is 38.2 Å². The number of aryl methyl sites for hydroxylation is 1. The summed E-state index contributed by atoms with van der Waals surface area (Å²) >= 11 is 3.28. The number of imide groups is 1. The topological polar surface area (TPSA) is 91.4 Å². The zero-order valence-corrected chi connectivity index (χ0v) is 17.4. The molecular weight excluding hydrogens is 396 g/mol. The first kappa shape index (κ1) is 19.1. The van der Waals surface area contributed by atoms with E-state index < -0.39 is 11.6 Å². The van der Waals surface area contributed by atoms with Crippen LogP contribution in [-0.4, -0.2) is 46.4 Å². The first-order valence-corrected chi connectivity index (χ1v) is 11.0. The molecule has 0 bridgehead atoms. The van der Waals surface area contributed by atoms with E-state index in [0.29, 0.717) is 13.0 Å². The van der Waals surface area contributed by atoms with Crippen molar-refractivity contribution in [1.82, 2.24) is 20.5 Å². The summed E-state index contributed by atoms with van der Waals surface area (Å²) in [5.41, 5.74) is 0.138. The molecule has 3 heterocycles. The predicted octanol–water partition coefficient (Wildman–Crippen LogP) is 2.56. The summed E-state index contributed by atoms with van der Waals surface area (Å²) in [4.78, 5) is 44.7. The van der Waals surface area contributed by atoms with Crippen molar-refractivity contribution in [2.45, 2.75) is 38.6 Å². The minimum atomic E-state index is -0.848. The average molecular weight is 419 g/mol. The van der Waals surface area contributed by atoms with Gasteiger partial charge in [-0.2, -0.15) is 0 Å². The number of urea groups is 1. The molecule has 4 amide bonds. The minimum Gasteiger partial charge on any atom is -0.354 e. The largest absolute Gasteiger partial charge is 0.354 e. The third-order valence-electron chi connectivity index (χ3n) is 5.22. The Morgan fingerprint density at radius 2 is 2.18 bits per heavy atom. The lowest BCUT2D eigenvalue weighted by Crippen LogP contribution is -2.47. The number of hydrogen-bond donors (Lipinski definition) is 2. The maximum Gasteiger partial charge on any atom is 0.325 e. The van der Waals surface area contributed by atoms with Gasteiger partial charge in [0, 0.05) is 16.8 Å². The lowest BCUT2D eigenvalue weighted by Gasteiger charge is -2.20. The Morgan fingerprint density at radius 1 is 1.39 bits per heavy atom. The van der Waals surface area contributed by atoms with Crippen LogP contribution in [0.1, 0.15) is 29.7 Å². The first-order chi connectivity index (χ1) is 13.4. The molecule has 1 saturated carbocycles. The molecule has 1 saturated heterocycles. The molecule has 0 radical (unpaired) electrons. The van der Waals surface area contributed by atoms with Crippen LogP contribution < -0.4 is 10.6 Å². The summed E-state index contributed by atoms with van der Waals surface area (Å²) in [7, 11) is 0. The van der Waals surface area contributed by atoms with Crippen LogP contribution in [0, 0.1) is 12.8 Å². The molecule has 0 spiro atoms. The monoisotopic (exact) mass is 418 g/mol. The van der Waals surface area contributed by atoms with Gasteiger partial charge in [-0.25, -0.2) is 9.78 Å². The quantitative estimate of drug-likeness (QED) is 0.676. The molecule has 28 heavy (non-hydrogen) atoms. The van der Waals surface area contributed by atoms with Crippen LogP contribution in [0.2, 0.25) is 0 Å². The van der Waals surface area contributed by atoms with Crippen LogP contribution in [0.25, 0.3) is 10.6 Å². The smallest absolute Gasteiger partial charge is 0.325 e. The Hall–Kier alpha value is -2.26. The SMILES string of the molecule is Cc1nc(-c2ccc(CCNC(=O)CN3C(=O)NC(C)(C4CC4)C3=O)s2)cs1. The fraction of sp³-hybridized carbons (Fsp3) is 0.474. The zero-order chi connectivity index (χ0) is 19.9. The summed E-state index contributed by atoms with van der Waals surface area (Å²) in [6.07, 6.45) is 2.57. The number of carbonyl (C=O) groups excluding carboxylic acids is 3. The lowest BCUT2D eigenvalue weighted by molar-refractivity contribution is -0.135. The highest BCUT2D eigenvalue weighted by atomic mass is 32.1. The highest BCUT2D eigenvalue weighted by molar-refractivity contribution is 7.16. The highest BCUT2D eigenvalue weighted by Crippen LogP contribution is 2.42. The van der Waals surface area contributed by atoms with E-state index in [1.165, 1.54) is 0 Å². The summed E-state index contributed by atoms with van der Waals surface area (Å²) in [6.45, 7) is 3.96. The third-order valence-corrected chi connectivity index (χ3v) is 7.16. The summed E-state index contributed by atoms with van der Waals surface area (Å²) in [5, 5.41) is 8.64. The number of nitrogens with one attached hydrogen (secondary N) is 2. The Bertz CT molecular complexity index is 933. The van der Waals surface area contributed by atoms with Gasteiger partial charge in [-0.1, -0.05) is 0 Å². The van der Waals surface area contributed by atoms with E-state index in [1.807, 2.05) is 24.4 Å². The van der Waals surface area contributed by atoms with E-state index in [-0.39, 0.29) is 24.3 Å². The van der Waals surface area contributed by atoms with E-state index in [9.17, 15) is 14.4 Å². The van der Waals surface area contributed by atoms with E-state index >= 15 is 0 Å². The number of amides is 4. The summed E-state index contributed by atoms with van der Waals surface area (Å²) in [6, 6.07) is 3.61. The van der Waals surface area contributed by atoms with Crippen molar-refractivity contribution in [2.75, 3.05) is 13.1 Å². The fourth-order valence-corrected chi connectivity index (χ4v) is 5.10. The van der Waals surface area contributed by atoms with Gasteiger partial charge in [-0.3, -0.25) is 14.5 Å². The Kier molecular flexibility index (Phi) is 4.96. The van der Waals surface area contributed by atoms with Crippen LogP contribution in [0.15, 0.2) is 17.5 Å². The second-order valence-corrected chi connectivity index (χ2v) is 9.65. The van der Waals surface area contributed by atoms with Gasteiger partial charge in [0.25, 0.3) is 5.91 Å². The van der Waals surface area contributed by atoms with Crippen molar-refractivity contribution in [3.05, 3.63) is 27.4 Å². The Morgan fingerprint density at radius 3 is 2.86 bits per heavy atom. The standard InChI is InChI=1S/C19H22N4O3S2/c1-11-21-14(10-27-11)15-6-5-13(28-15)7-8-20-16(24)9-23-17(25)19(2,12-3-4-12)22-18(23)26/h5-6,10,12H,3-4,7-9H2,1-2H3,(H,20,24)(H,22,26). The molecule has 1 atom stereocenters. The van der Waals surface area contributed by atoms with Crippen molar-refractivity contribution in [3.63, 3.8) is 0 Å². The molecule has 2 fully saturated rings. The van der Waals surface area contributed by atoms with Gasteiger partial charge in [0.2, 0.25) is 5.91 Å². The number of rotatable bonds is 7. The predicted molar refractivity (Wildman–Crippen MR) is 108 cm³/mol. The van der Waals surface area contributed by atoms with E-state index in [4.69, 9.17) is 0 Å². The number of hydrogen-bond acceptors (Lipinski definition) is 6. The van der Waals surface area contributed by atoms with Gasteiger partial charge in [0.05, 0.1) is 15.6 Å². The second kappa shape index (κ2) is 7.29. The highest BCUT2D eigenvalue weighted by Gasteiger charge is 2.56.